The van der Waals surface area contributed by atoms with Gasteiger partial charge in [-0.1, -0.05) is 22.0 Å². The highest BCUT2D eigenvalue weighted by molar-refractivity contribution is 9.10. The highest BCUT2D eigenvalue weighted by atomic mass is 79.9. The number of rotatable bonds is 4. The van der Waals surface area contributed by atoms with Crippen molar-refractivity contribution in [2.24, 2.45) is 0 Å². The summed E-state index contributed by atoms with van der Waals surface area (Å²) in [6, 6.07) is 9.74. The maximum Gasteiger partial charge on any atom is 0.130 e. The van der Waals surface area contributed by atoms with Gasteiger partial charge in [-0.3, -0.25) is 4.98 Å². The molecule has 0 N–H and O–H groups in total. The van der Waals surface area contributed by atoms with Crippen LogP contribution >= 0.6 is 27.5 Å². The van der Waals surface area contributed by atoms with E-state index in [9.17, 15) is 0 Å². The maximum atomic E-state index is 5.85. The van der Waals surface area contributed by atoms with Gasteiger partial charge in [0.2, 0.25) is 0 Å². The Hall–Kier alpha value is -1.06. The van der Waals surface area contributed by atoms with Crippen LogP contribution in [0.15, 0.2) is 41.0 Å². The summed E-state index contributed by atoms with van der Waals surface area (Å²) in [5.74, 6) is 1.26. The van der Waals surface area contributed by atoms with Crippen molar-refractivity contribution in [2.45, 2.75) is 19.4 Å². The lowest BCUT2D eigenvalue weighted by Gasteiger charge is -2.09. The van der Waals surface area contributed by atoms with Gasteiger partial charge in [0.1, 0.15) is 12.4 Å². The third kappa shape index (κ3) is 3.24. The molecule has 4 heteroatoms. The van der Waals surface area contributed by atoms with E-state index in [1.807, 2.05) is 37.3 Å². The van der Waals surface area contributed by atoms with E-state index >= 15 is 0 Å². The SMILES string of the molecule is Cc1cccnc1COc1ccc(Br)c(CCl)c1. The number of aryl methyl sites for hydroxylation is 1. The number of pyridine rings is 1. The normalized spacial score (nSPS) is 10.4. The fraction of sp³-hybridized carbons (Fsp3) is 0.214. The third-order valence-corrected chi connectivity index (χ3v) is 3.72. The summed E-state index contributed by atoms with van der Waals surface area (Å²) in [6.45, 7) is 2.49. The van der Waals surface area contributed by atoms with Gasteiger partial charge >= 0.3 is 0 Å². The van der Waals surface area contributed by atoms with Crippen LogP contribution < -0.4 is 4.74 Å². The highest BCUT2D eigenvalue weighted by Crippen LogP contribution is 2.24. The Balaban J connectivity index is 2.09. The number of aromatic nitrogens is 1. The predicted molar refractivity (Wildman–Crippen MR) is 77.0 cm³/mol. The van der Waals surface area contributed by atoms with Crippen LogP contribution in [0.25, 0.3) is 0 Å². The van der Waals surface area contributed by atoms with Gasteiger partial charge in [0.25, 0.3) is 0 Å². The van der Waals surface area contributed by atoms with Gasteiger partial charge in [-0.25, -0.2) is 0 Å². The Morgan fingerprint density at radius 2 is 2.17 bits per heavy atom. The lowest BCUT2D eigenvalue weighted by atomic mass is 10.2. The average Bonchev–Trinajstić information content (AvgIpc) is 2.39. The van der Waals surface area contributed by atoms with E-state index in [1.54, 1.807) is 6.20 Å². The van der Waals surface area contributed by atoms with E-state index in [0.29, 0.717) is 12.5 Å². The Bertz CT molecular complexity index is 545. The molecule has 0 amide bonds. The van der Waals surface area contributed by atoms with Gasteiger partial charge in [0.05, 0.1) is 5.69 Å². The van der Waals surface area contributed by atoms with Gasteiger partial charge in [0.15, 0.2) is 0 Å². The Morgan fingerprint density at radius 1 is 1.33 bits per heavy atom. The molecule has 0 saturated heterocycles. The van der Waals surface area contributed by atoms with Crippen molar-refractivity contribution >= 4 is 27.5 Å². The number of hydrogen-bond donors (Lipinski definition) is 0. The topological polar surface area (TPSA) is 22.1 Å². The van der Waals surface area contributed by atoms with E-state index in [0.717, 1.165) is 27.0 Å². The summed E-state index contributed by atoms with van der Waals surface area (Å²) in [5, 5.41) is 0. The molecule has 0 aliphatic heterocycles. The third-order valence-electron chi connectivity index (χ3n) is 2.65. The van der Waals surface area contributed by atoms with Crippen LogP contribution in [0.5, 0.6) is 5.75 Å². The molecule has 18 heavy (non-hydrogen) atoms. The summed E-state index contributed by atoms with van der Waals surface area (Å²) in [4.78, 5) is 4.29. The Morgan fingerprint density at radius 3 is 2.89 bits per heavy atom. The molecular weight excluding hydrogens is 314 g/mol. The first-order chi connectivity index (χ1) is 8.70. The molecule has 94 valence electrons. The molecule has 0 bridgehead atoms. The second-order valence-corrected chi connectivity index (χ2v) is 5.06. The number of benzene rings is 1. The second-order valence-electron chi connectivity index (χ2n) is 3.94. The zero-order chi connectivity index (χ0) is 13.0. The lowest BCUT2D eigenvalue weighted by molar-refractivity contribution is 0.300. The monoisotopic (exact) mass is 325 g/mol. The molecule has 0 fully saturated rings. The molecule has 1 aromatic carbocycles. The Labute approximate surface area is 120 Å². The quantitative estimate of drug-likeness (QED) is 0.773. The van der Waals surface area contributed by atoms with Crippen LogP contribution in [-0.4, -0.2) is 4.98 Å². The summed E-state index contributed by atoms with van der Waals surface area (Å²) in [7, 11) is 0. The minimum Gasteiger partial charge on any atom is -0.487 e. The molecule has 1 aromatic heterocycles. The lowest BCUT2D eigenvalue weighted by Crippen LogP contribution is -2.00. The molecular formula is C14H13BrClNO. The number of ether oxygens (including phenoxy) is 1. The van der Waals surface area contributed by atoms with Crippen LogP contribution in [0.3, 0.4) is 0 Å². The molecule has 0 aliphatic rings. The summed E-state index contributed by atoms with van der Waals surface area (Å²) in [5.41, 5.74) is 3.10. The van der Waals surface area contributed by atoms with Gasteiger partial charge in [-0.15, -0.1) is 11.6 Å². The number of halogens is 2. The molecule has 0 atom stereocenters. The van der Waals surface area contributed by atoms with Crippen molar-refractivity contribution in [1.29, 1.82) is 0 Å². The van der Waals surface area contributed by atoms with E-state index in [2.05, 4.69) is 20.9 Å². The predicted octanol–water partition coefficient (Wildman–Crippen LogP) is 4.47. The van der Waals surface area contributed by atoms with Gasteiger partial charge < -0.3 is 4.74 Å². The van der Waals surface area contributed by atoms with Crippen molar-refractivity contribution < 1.29 is 4.74 Å². The van der Waals surface area contributed by atoms with Crippen molar-refractivity contribution in [2.75, 3.05) is 0 Å². The second kappa shape index (κ2) is 6.21. The maximum absolute atomic E-state index is 5.85. The van der Waals surface area contributed by atoms with Crippen LogP contribution in [0, 0.1) is 6.92 Å². The van der Waals surface area contributed by atoms with Gasteiger partial charge in [-0.2, -0.15) is 0 Å². The standard InChI is InChI=1S/C14H13BrClNO/c1-10-3-2-6-17-14(10)9-18-12-4-5-13(15)11(7-12)8-16/h2-7H,8-9H2,1H3. The van der Waals surface area contributed by atoms with Crippen molar-refractivity contribution in [1.82, 2.24) is 4.98 Å². The first-order valence-corrected chi connectivity index (χ1v) is 6.91. The zero-order valence-corrected chi connectivity index (χ0v) is 12.3. The van der Waals surface area contributed by atoms with Gasteiger partial charge in [0, 0.05) is 16.5 Å². The van der Waals surface area contributed by atoms with Crippen molar-refractivity contribution in [3.05, 3.63) is 57.8 Å². The summed E-state index contributed by atoms with van der Waals surface area (Å²) >= 11 is 9.29. The summed E-state index contributed by atoms with van der Waals surface area (Å²) in [6.07, 6.45) is 1.78. The van der Waals surface area contributed by atoms with E-state index in [1.165, 1.54) is 0 Å². The molecule has 0 aliphatic carbocycles. The number of hydrogen-bond acceptors (Lipinski definition) is 2. The fourth-order valence-corrected chi connectivity index (χ4v) is 2.33. The molecule has 0 unspecified atom stereocenters. The number of alkyl halides is 1. The summed E-state index contributed by atoms with van der Waals surface area (Å²) < 4.78 is 6.73. The first kappa shape index (κ1) is 13.4. The molecule has 2 aromatic rings. The first-order valence-electron chi connectivity index (χ1n) is 5.58. The smallest absolute Gasteiger partial charge is 0.130 e. The van der Waals surface area contributed by atoms with E-state index in [-0.39, 0.29) is 0 Å². The van der Waals surface area contributed by atoms with Crippen molar-refractivity contribution in [3.63, 3.8) is 0 Å². The van der Waals surface area contributed by atoms with E-state index < -0.39 is 0 Å². The van der Waals surface area contributed by atoms with Crippen LogP contribution in [-0.2, 0) is 12.5 Å². The van der Waals surface area contributed by atoms with Gasteiger partial charge in [-0.05, 0) is 42.3 Å². The fourth-order valence-electron chi connectivity index (χ4n) is 1.56. The minimum absolute atomic E-state index is 0.459. The molecule has 0 saturated carbocycles. The highest BCUT2D eigenvalue weighted by Gasteiger charge is 2.03. The molecule has 1 heterocycles. The minimum atomic E-state index is 0.459. The molecule has 0 spiro atoms. The van der Waals surface area contributed by atoms with Crippen LogP contribution in [0.1, 0.15) is 16.8 Å². The molecule has 0 radical (unpaired) electrons. The molecule has 2 nitrogen and oxygen atoms in total. The van der Waals surface area contributed by atoms with Crippen LogP contribution in [0.2, 0.25) is 0 Å². The Kier molecular flexibility index (Phi) is 4.61. The van der Waals surface area contributed by atoms with Crippen molar-refractivity contribution in [3.8, 4) is 5.75 Å². The number of nitrogens with zero attached hydrogens (tertiary/aromatic N) is 1. The zero-order valence-electron chi connectivity index (χ0n) is 9.99. The molecule has 2 rings (SSSR count). The largest absolute Gasteiger partial charge is 0.487 e. The van der Waals surface area contributed by atoms with Crippen LogP contribution in [0.4, 0.5) is 0 Å². The average molecular weight is 327 g/mol. The van der Waals surface area contributed by atoms with E-state index in [4.69, 9.17) is 16.3 Å².